The van der Waals surface area contributed by atoms with Gasteiger partial charge < -0.3 is 4.90 Å². The summed E-state index contributed by atoms with van der Waals surface area (Å²) in [6.07, 6.45) is 3.76. The number of rotatable bonds is 4. The van der Waals surface area contributed by atoms with E-state index in [1.54, 1.807) is 11.1 Å². The lowest BCUT2D eigenvalue weighted by Crippen LogP contribution is -2.45. The second-order valence-electron chi connectivity index (χ2n) is 7.50. The van der Waals surface area contributed by atoms with E-state index in [1.165, 1.54) is 17.7 Å². The highest BCUT2D eigenvalue weighted by atomic mass is 32.2. The van der Waals surface area contributed by atoms with E-state index in [1.807, 2.05) is 62.4 Å². The molecule has 1 aliphatic rings. The third-order valence-electron chi connectivity index (χ3n) is 5.40. The molecule has 0 radical (unpaired) electrons. The van der Waals surface area contributed by atoms with Gasteiger partial charge in [-0.15, -0.1) is 0 Å². The van der Waals surface area contributed by atoms with Crippen molar-refractivity contribution < 1.29 is 13.2 Å². The van der Waals surface area contributed by atoms with Crippen LogP contribution < -0.4 is 4.90 Å². The van der Waals surface area contributed by atoms with Gasteiger partial charge in [0.15, 0.2) is 0 Å². The Bertz CT molecular complexity index is 1180. The number of hydrogen-bond donors (Lipinski definition) is 0. The molecule has 7 heteroatoms. The van der Waals surface area contributed by atoms with Gasteiger partial charge in [0.05, 0.1) is 0 Å². The van der Waals surface area contributed by atoms with Crippen molar-refractivity contribution >= 4 is 21.4 Å². The van der Waals surface area contributed by atoms with Gasteiger partial charge in [-0.2, -0.15) is 0 Å². The Morgan fingerprint density at radius 2 is 1.93 bits per heavy atom. The van der Waals surface area contributed by atoms with E-state index >= 15 is 0 Å². The zero-order valence-corrected chi connectivity index (χ0v) is 17.4. The van der Waals surface area contributed by atoms with Crippen molar-refractivity contribution in [1.82, 2.24) is 9.55 Å². The number of para-hydroxylation sites is 1. The molecule has 2 heterocycles. The maximum atomic E-state index is 13.4. The monoisotopic (exact) mass is 409 g/mol. The maximum Gasteiger partial charge on any atom is 0.245 e. The number of benzene rings is 2. The predicted molar refractivity (Wildman–Crippen MR) is 112 cm³/mol. The molecular formula is C22H23N3O3S. The molecule has 1 aliphatic heterocycles. The number of carbonyl (C=O) groups is 1. The highest BCUT2D eigenvalue weighted by Crippen LogP contribution is 2.33. The minimum atomic E-state index is -3.99. The molecule has 0 aliphatic carbocycles. The van der Waals surface area contributed by atoms with Crippen molar-refractivity contribution in [1.29, 1.82) is 0 Å². The molecule has 2 atom stereocenters. The smallest absolute Gasteiger partial charge is 0.245 e. The summed E-state index contributed by atoms with van der Waals surface area (Å²) in [4.78, 5) is 19.0. The average molecular weight is 410 g/mol. The standard InChI is InChI=1S/C22H23N3O3S/c1-15-7-6-9-19(13-15)24-12-11-23-22(24)29(27,28)17(3)21(26)25-16(2)14-18-8-4-5-10-20(18)25/h4-13,16-17H,14H2,1-3H3/t16-,17+/m0/s1. The van der Waals surface area contributed by atoms with Crippen LogP contribution in [-0.4, -0.2) is 35.2 Å². The van der Waals surface area contributed by atoms with Crippen molar-refractivity contribution in [3.05, 3.63) is 72.1 Å². The highest BCUT2D eigenvalue weighted by Gasteiger charge is 2.40. The van der Waals surface area contributed by atoms with Gasteiger partial charge in [-0.05, 0) is 56.5 Å². The number of imidazole rings is 1. The number of hydrogen-bond acceptors (Lipinski definition) is 4. The van der Waals surface area contributed by atoms with E-state index in [2.05, 4.69) is 4.98 Å². The molecule has 29 heavy (non-hydrogen) atoms. The van der Waals surface area contributed by atoms with Crippen LogP contribution in [0.3, 0.4) is 0 Å². The SMILES string of the molecule is Cc1cccc(-n2ccnc2S(=O)(=O)[C@H](C)C(=O)N2c3ccccc3C[C@@H]2C)c1. The van der Waals surface area contributed by atoms with Crippen LogP contribution in [0.25, 0.3) is 5.69 Å². The Morgan fingerprint density at radius 1 is 1.17 bits per heavy atom. The summed E-state index contributed by atoms with van der Waals surface area (Å²) in [6, 6.07) is 15.0. The first-order valence-electron chi connectivity index (χ1n) is 9.56. The minimum absolute atomic E-state index is 0.0888. The lowest BCUT2D eigenvalue weighted by molar-refractivity contribution is -0.118. The number of nitrogens with zero attached hydrogens (tertiary/aromatic N) is 3. The average Bonchev–Trinajstić information content (AvgIpc) is 3.31. The topological polar surface area (TPSA) is 72.3 Å². The summed E-state index contributed by atoms with van der Waals surface area (Å²) >= 11 is 0. The largest absolute Gasteiger partial charge is 0.308 e. The van der Waals surface area contributed by atoms with E-state index in [4.69, 9.17) is 0 Å². The summed E-state index contributed by atoms with van der Waals surface area (Å²) in [6.45, 7) is 5.32. The van der Waals surface area contributed by atoms with Gasteiger partial charge in [-0.3, -0.25) is 9.36 Å². The molecule has 2 aromatic carbocycles. The van der Waals surface area contributed by atoms with Crippen LogP contribution in [0.1, 0.15) is 25.0 Å². The molecule has 3 aromatic rings. The number of sulfone groups is 1. The summed E-state index contributed by atoms with van der Waals surface area (Å²) in [5.41, 5.74) is 3.54. The summed E-state index contributed by atoms with van der Waals surface area (Å²) in [5.74, 6) is -0.429. The number of carbonyl (C=O) groups excluding carboxylic acids is 1. The van der Waals surface area contributed by atoms with Crippen LogP contribution >= 0.6 is 0 Å². The lowest BCUT2D eigenvalue weighted by atomic mass is 10.1. The summed E-state index contributed by atoms with van der Waals surface area (Å²) in [7, 11) is -3.99. The third kappa shape index (κ3) is 3.25. The normalized spacial score (nSPS) is 17.2. The van der Waals surface area contributed by atoms with Gasteiger partial charge >= 0.3 is 0 Å². The summed E-state index contributed by atoms with van der Waals surface area (Å²) < 4.78 is 28.2. The fourth-order valence-corrected chi connectivity index (χ4v) is 5.21. The second-order valence-corrected chi connectivity index (χ2v) is 9.66. The molecule has 0 saturated heterocycles. The molecule has 0 spiro atoms. The molecule has 150 valence electrons. The van der Waals surface area contributed by atoms with Gasteiger partial charge in [0.2, 0.25) is 20.9 Å². The van der Waals surface area contributed by atoms with Gasteiger partial charge in [0.1, 0.15) is 5.25 Å². The van der Waals surface area contributed by atoms with Crippen molar-refractivity contribution in [3.63, 3.8) is 0 Å². The Morgan fingerprint density at radius 3 is 2.69 bits per heavy atom. The van der Waals surface area contributed by atoms with Crippen LogP contribution in [0.5, 0.6) is 0 Å². The fourth-order valence-electron chi connectivity index (χ4n) is 3.86. The highest BCUT2D eigenvalue weighted by molar-refractivity contribution is 7.92. The van der Waals surface area contributed by atoms with Crippen molar-refractivity contribution in [2.75, 3.05) is 4.90 Å². The zero-order valence-electron chi connectivity index (χ0n) is 16.6. The van der Waals surface area contributed by atoms with Crippen molar-refractivity contribution in [2.45, 2.75) is 43.6 Å². The van der Waals surface area contributed by atoms with E-state index in [-0.39, 0.29) is 11.2 Å². The minimum Gasteiger partial charge on any atom is -0.308 e. The molecule has 1 aromatic heterocycles. The molecule has 1 amide bonds. The predicted octanol–water partition coefficient (Wildman–Crippen LogP) is 3.32. The first-order chi connectivity index (χ1) is 13.8. The lowest BCUT2D eigenvalue weighted by Gasteiger charge is -2.26. The van der Waals surface area contributed by atoms with Gasteiger partial charge in [-0.1, -0.05) is 30.3 Å². The van der Waals surface area contributed by atoms with Crippen LogP contribution in [-0.2, 0) is 21.1 Å². The molecular weight excluding hydrogens is 386 g/mol. The maximum absolute atomic E-state index is 13.4. The number of aromatic nitrogens is 2. The quantitative estimate of drug-likeness (QED) is 0.663. The number of aryl methyl sites for hydroxylation is 1. The van der Waals surface area contributed by atoms with E-state index < -0.39 is 21.0 Å². The molecule has 0 saturated carbocycles. The van der Waals surface area contributed by atoms with E-state index in [0.717, 1.165) is 16.8 Å². The van der Waals surface area contributed by atoms with E-state index in [9.17, 15) is 13.2 Å². The third-order valence-corrected chi connectivity index (χ3v) is 7.34. The molecule has 0 N–H and O–H groups in total. The van der Waals surface area contributed by atoms with Crippen molar-refractivity contribution in [2.24, 2.45) is 0 Å². The van der Waals surface area contributed by atoms with Crippen LogP contribution in [0.15, 0.2) is 66.1 Å². The Hall–Kier alpha value is -2.93. The van der Waals surface area contributed by atoms with Gasteiger partial charge in [0.25, 0.3) is 0 Å². The summed E-state index contributed by atoms with van der Waals surface area (Å²) in [5, 5.41) is -1.37. The van der Waals surface area contributed by atoms with Crippen molar-refractivity contribution in [3.8, 4) is 5.69 Å². The first-order valence-corrected chi connectivity index (χ1v) is 11.1. The van der Waals surface area contributed by atoms with E-state index in [0.29, 0.717) is 12.1 Å². The van der Waals surface area contributed by atoms with Crippen LogP contribution in [0, 0.1) is 6.92 Å². The number of fused-ring (bicyclic) bond motifs is 1. The Balaban J connectivity index is 1.71. The number of amides is 1. The molecule has 0 fully saturated rings. The zero-order chi connectivity index (χ0) is 20.8. The molecule has 4 rings (SSSR count). The molecule has 0 bridgehead atoms. The van der Waals surface area contributed by atoms with Gasteiger partial charge in [0, 0.05) is 29.8 Å². The van der Waals surface area contributed by atoms with Crippen LogP contribution in [0.4, 0.5) is 5.69 Å². The Kier molecular flexibility index (Phi) is 4.78. The van der Waals surface area contributed by atoms with Gasteiger partial charge in [-0.25, -0.2) is 13.4 Å². The Labute approximate surface area is 170 Å². The molecule has 0 unspecified atom stereocenters. The number of anilines is 1. The first kappa shape index (κ1) is 19.4. The second kappa shape index (κ2) is 7.15. The molecule has 6 nitrogen and oxygen atoms in total. The fraction of sp³-hybridized carbons (Fsp3) is 0.273. The van der Waals surface area contributed by atoms with Crippen LogP contribution in [0.2, 0.25) is 0 Å².